The van der Waals surface area contributed by atoms with Gasteiger partial charge >= 0.3 is 6.09 Å². The van der Waals surface area contributed by atoms with Crippen LogP contribution in [0, 0.1) is 6.92 Å². The number of anilines is 1. The minimum Gasteiger partial charge on any atom is -0.457 e. The number of carbonyl (C=O) groups is 1. The van der Waals surface area contributed by atoms with Crippen molar-refractivity contribution < 1.29 is 18.7 Å². The topological polar surface area (TPSA) is 60.5 Å². The molecule has 0 spiro atoms. The summed E-state index contributed by atoms with van der Waals surface area (Å²) in [4.78, 5) is 14.9. The molecule has 16 heavy (non-hydrogen) atoms. The van der Waals surface area contributed by atoms with Gasteiger partial charge in [-0.05, 0) is 18.6 Å². The van der Waals surface area contributed by atoms with Gasteiger partial charge in [0.2, 0.25) is 6.36 Å². The maximum Gasteiger partial charge on any atom is 0.412 e. The fraction of sp³-hybridized carbons (Fsp3) is 0.400. The highest BCUT2D eigenvalue weighted by Crippen LogP contribution is 2.24. The highest BCUT2D eigenvalue weighted by molar-refractivity contribution is 5.85. The third-order valence-corrected chi connectivity index (χ3v) is 1.68. The maximum absolute atomic E-state index is 12.7. The molecule has 0 fully saturated rings. The Balaban J connectivity index is 2.93. The van der Waals surface area contributed by atoms with Crippen molar-refractivity contribution in [3.05, 3.63) is 17.8 Å². The van der Waals surface area contributed by atoms with Crippen molar-refractivity contribution in [2.45, 2.75) is 20.2 Å². The van der Waals surface area contributed by atoms with E-state index >= 15 is 0 Å². The smallest absolute Gasteiger partial charge is 0.412 e. The Bertz CT molecular complexity index is 382. The minimum absolute atomic E-state index is 0.127. The zero-order valence-electron chi connectivity index (χ0n) is 9.28. The molecule has 0 aliphatic heterocycles. The Hall–Kier alpha value is -1.85. The van der Waals surface area contributed by atoms with Crippen LogP contribution in [0.3, 0.4) is 0 Å². The van der Waals surface area contributed by atoms with E-state index in [1.807, 2.05) is 0 Å². The molecule has 1 amide bonds. The monoisotopic (exact) mass is 228 g/mol. The molecule has 0 aliphatic rings. The normalized spacial score (nSPS) is 11.8. The van der Waals surface area contributed by atoms with Crippen LogP contribution in [0.2, 0.25) is 0 Å². The standard InChI is InChI=1S/C10H13FN2O3/c1-6-4-8(16-7(2)11)9(12-5-6)13-10(14)15-3/h4-5,7H,1-3H3,(H,12,13,14). The van der Waals surface area contributed by atoms with Crippen molar-refractivity contribution in [2.24, 2.45) is 0 Å². The number of hydrogen-bond donors (Lipinski definition) is 1. The van der Waals surface area contributed by atoms with Crippen molar-refractivity contribution in [1.82, 2.24) is 4.98 Å². The fourth-order valence-corrected chi connectivity index (χ4v) is 1.05. The number of alkyl halides is 1. The lowest BCUT2D eigenvalue weighted by atomic mass is 10.3. The number of amides is 1. The molecule has 6 heteroatoms. The van der Waals surface area contributed by atoms with Crippen molar-refractivity contribution in [2.75, 3.05) is 12.4 Å². The Morgan fingerprint density at radius 1 is 1.62 bits per heavy atom. The average molecular weight is 228 g/mol. The number of pyridine rings is 1. The number of hydrogen-bond acceptors (Lipinski definition) is 4. The van der Waals surface area contributed by atoms with Gasteiger partial charge in [-0.3, -0.25) is 5.32 Å². The highest BCUT2D eigenvalue weighted by atomic mass is 19.1. The van der Waals surface area contributed by atoms with Gasteiger partial charge in [0.25, 0.3) is 0 Å². The molecule has 0 aliphatic carbocycles. The molecular formula is C10H13FN2O3. The second-order valence-corrected chi connectivity index (χ2v) is 3.14. The summed E-state index contributed by atoms with van der Waals surface area (Å²) in [6, 6.07) is 1.58. The van der Waals surface area contributed by atoms with E-state index in [9.17, 15) is 9.18 Å². The molecule has 1 heterocycles. The predicted molar refractivity (Wildman–Crippen MR) is 56.2 cm³/mol. The number of halogens is 1. The molecule has 0 radical (unpaired) electrons. The summed E-state index contributed by atoms with van der Waals surface area (Å²) in [6.07, 6.45) is -0.643. The van der Waals surface area contributed by atoms with E-state index < -0.39 is 12.5 Å². The summed E-state index contributed by atoms with van der Waals surface area (Å²) in [6.45, 7) is 3.02. The van der Waals surface area contributed by atoms with E-state index in [0.29, 0.717) is 0 Å². The molecule has 1 rings (SSSR count). The molecule has 0 saturated carbocycles. The number of nitrogens with one attached hydrogen (secondary N) is 1. The Kier molecular flexibility index (Phi) is 4.04. The summed E-state index contributed by atoms with van der Waals surface area (Å²) >= 11 is 0. The summed E-state index contributed by atoms with van der Waals surface area (Å²) in [5.74, 6) is 0.294. The number of aromatic nitrogens is 1. The van der Waals surface area contributed by atoms with Crippen LogP contribution in [-0.4, -0.2) is 24.5 Å². The van der Waals surface area contributed by atoms with Gasteiger partial charge in [0.1, 0.15) is 0 Å². The molecule has 1 unspecified atom stereocenters. The van der Waals surface area contributed by atoms with E-state index in [-0.39, 0.29) is 11.6 Å². The second kappa shape index (κ2) is 5.29. The van der Waals surface area contributed by atoms with Crippen LogP contribution < -0.4 is 10.1 Å². The lowest BCUT2D eigenvalue weighted by Crippen LogP contribution is -2.15. The highest BCUT2D eigenvalue weighted by Gasteiger charge is 2.11. The first kappa shape index (κ1) is 12.2. The van der Waals surface area contributed by atoms with E-state index in [1.165, 1.54) is 20.2 Å². The van der Waals surface area contributed by atoms with Crippen LogP contribution >= 0.6 is 0 Å². The van der Waals surface area contributed by atoms with Crippen molar-refractivity contribution in [1.29, 1.82) is 0 Å². The Morgan fingerprint density at radius 2 is 2.31 bits per heavy atom. The molecule has 0 saturated heterocycles. The van der Waals surface area contributed by atoms with Crippen LogP contribution in [0.25, 0.3) is 0 Å². The summed E-state index contributed by atoms with van der Waals surface area (Å²) in [7, 11) is 1.22. The van der Waals surface area contributed by atoms with Crippen LogP contribution in [0.1, 0.15) is 12.5 Å². The molecule has 88 valence electrons. The SMILES string of the molecule is COC(=O)Nc1ncc(C)cc1OC(C)F. The fourth-order valence-electron chi connectivity index (χ4n) is 1.05. The predicted octanol–water partition coefficient (Wildman–Crippen LogP) is 2.26. The molecular weight excluding hydrogens is 215 g/mol. The largest absolute Gasteiger partial charge is 0.457 e. The maximum atomic E-state index is 12.7. The number of carbonyl (C=O) groups excluding carboxylic acids is 1. The Morgan fingerprint density at radius 3 is 2.88 bits per heavy atom. The van der Waals surface area contributed by atoms with E-state index in [0.717, 1.165) is 5.56 Å². The molecule has 1 atom stereocenters. The van der Waals surface area contributed by atoms with Gasteiger partial charge in [-0.1, -0.05) is 0 Å². The van der Waals surface area contributed by atoms with Crippen molar-refractivity contribution >= 4 is 11.9 Å². The zero-order valence-corrected chi connectivity index (χ0v) is 9.28. The number of rotatable bonds is 3. The van der Waals surface area contributed by atoms with Gasteiger partial charge in [-0.25, -0.2) is 14.2 Å². The lowest BCUT2D eigenvalue weighted by Gasteiger charge is -2.12. The average Bonchev–Trinajstić information content (AvgIpc) is 2.21. The summed E-state index contributed by atoms with van der Waals surface area (Å²) < 4.78 is 22.0. The number of aryl methyl sites for hydroxylation is 1. The zero-order chi connectivity index (χ0) is 12.1. The van der Waals surface area contributed by atoms with Crippen LogP contribution in [0.5, 0.6) is 5.75 Å². The van der Waals surface area contributed by atoms with E-state index in [4.69, 9.17) is 4.74 Å². The number of ether oxygens (including phenoxy) is 2. The quantitative estimate of drug-likeness (QED) is 0.862. The van der Waals surface area contributed by atoms with Gasteiger partial charge in [0.05, 0.1) is 7.11 Å². The summed E-state index contributed by atoms with van der Waals surface area (Å²) in [5, 5.41) is 2.33. The van der Waals surface area contributed by atoms with Gasteiger partial charge in [-0.15, -0.1) is 0 Å². The first-order chi connectivity index (χ1) is 7.52. The number of nitrogens with zero attached hydrogens (tertiary/aromatic N) is 1. The molecule has 0 aromatic carbocycles. The first-order valence-corrected chi connectivity index (χ1v) is 4.65. The first-order valence-electron chi connectivity index (χ1n) is 4.65. The third kappa shape index (κ3) is 3.38. The minimum atomic E-state index is -1.48. The van der Waals surface area contributed by atoms with Crippen molar-refractivity contribution in [3.8, 4) is 5.75 Å². The van der Waals surface area contributed by atoms with Crippen molar-refractivity contribution in [3.63, 3.8) is 0 Å². The van der Waals surface area contributed by atoms with E-state index in [2.05, 4.69) is 15.0 Å². The van der Waals surface area contributed by atoms with Gasteiger partial charge in [-0.2, -0.15) is 0 Å². The van der Waals surface area contributed by atoms with Gasteiger partial charge in [0, 0.05) is 13.1 Å². The van der Waals surface area contributed by atoms with Gasteiger partial charge < -0.3 is 9.47 Å². The Labute approximate surface area is 92.6 Å². The molecule has 1 aromatic rings. The van der Waals surface area contributed by atoms with Crippen LogP contribution in [-0.2, 0) is 4.74 Å². The second-order valence-electron chi connectivity index (χ2n) is 3.14. The number of methoxy groups -OCH3 is 1. The lowest BCUT2D eigenvalue weighted by molar-refractivity contribution is 0.0862. The van der Waals surface area contributed by atoms with E-state index in [1.54, 1.807) is 13.0 Å². The molecule has 1 aromatic heterocycles. The molecule has 1 N–H and O–H groups in total. The summed E-state index contributed by atoms with van der Waals surface area (Å²) in [5.41, 5.74) is 0.797. The van der Waals surface area contributed by atoms with Crippen LogP contribution in [0.4, 0.5) is 15.0 Å². The third-order valence-electron chi connectivity index (χ3n) is 1.68. The van der Waals surface area contributed by atoms with Gasteiger partial charge in [0.15, 0.2) is 11.6 Å². The van der Waals surface area contributed by atoms with Crippen LogP contribution in [0.15, 0.2) is 12.3 Å². The molecule has 5 nitrogen and oxygen atoms in total. The molecule has 0 bridgehead atoms.